The Balaban J connectivity index is 1.94. The summed E-state index contributed by atoms with van der Waals surface area (Å²) in [6.45, 7) is 9.99. The molecule has 3 nitrogen and oxygen atoms in total. The Morgan fingerprint density at radius 2 is 1.73 bits per heavy atom. The summed E-state index contributed by atoms with van der Waals surface area (Å²) < 4.78 is 5.65. The van der Waals surface area contributed by atoms with Gasteiger partial charge >= 0.3 is 5.97 Å². The number of rotatable bonds is 7. The van der Waals surface area contributed by atoms with Gasteiger partial charge in [-0.15, -0.1) is 0 Å². The second-order valence-corrected chi connectivity index (χ2v) is 6.86. The number of carbonyl (C=O) groups excluding carboxylic acids is 1. The van der Waals surface area contributed by atoms with Crippen LogP contribution in [0, 0.1) is 0 Å². The van der Waals surface area contributed by atoms with Crippen molar-refractivity contribution in [3.05, 3.63) is 35.9 Å². The van der Waals surface area contributed by atoms with Gasteiger partial charge in [0, 0.05) is 18.6 Å². The zero-order valence-corrected chi connectivity index (χ0v) is 14.3. The zero-order valence-electron chi connectivity index (χ0n) is 14.3. The van der Waals surface area contributed by atoms with Gasteiger partial charge in [0.15, 0.2) is 0 Å². The SMILES string of the molecule is CC(C)N(CCOC(=O)C1(c2ccccc2)CCC1)C(C)C. The molecule has 1 aliphatic carbocycles. The van der Waals surface area contributed by atoms with Crippen LogP contribution in [-0.4, -0.2) is 36.1 Å². The third-order valence-electron chi connectivity index (χ3n) is 4.83. The van der Waals surface area contributed by atoms with Crippen molar-refractivity contribution in [3.8, 4) is 0 Å². The van der Waals surface area contributed by atoms with Crippen molar-refractivity contribution in [2.24, 2.45) is 0 Å². The molecule has 0 N–H and O–H groups in total. The molecule has 2 rings (SSSR count). The Morgan fingerprint density at radius 1 is 1.14 bits per heavy atom. The second kappa shape index (κ2) is 7.28. The van der Waals surface area contributed by atoms with E-state index >= 15 is 0 Å². The molecule has 1 fully saturated rings. The van der Waals surface area contributed by atoms with Crippen molar-refractivity contribution in [3.63, 3.8) is 0 Å². The molecule has 1 aromatic carbocycles. The first kappa shape index (κ1) is 17.0. The molecule has 1 aliphatic rings. The number of ether oxygens (including phenoxy) is 1. The lowest BCUT2D eigenvalue weighted by Crippen LogP contribution is -2.45. The van der Waals surface area contributed by atoms with Crippen LogP contribution in [-0.2, 0) is 14.9 Å². The Labute approximate surface area is 134 Å². The van der Waals surface area contributed by atoms with Crippen LogP contribution in [0.1, 0.15) is 52.5 Å². The highest BCUT2D eigenvalue weighted by atomic mass is 16.5. The summed E-state index contributed by atoms with van der Waals surface area (Å²) in [5.41, 5.74) is 0.720. The van der Waals surface area contributed by atoms with Gasteiger partial charge in [-0.1, -0.05) is 36.8 Å². The summed E-state index contributed by atoms with van der Waals surface area (Å²) in [4.78, 5) is 15.0. The monoisotopic (exact) mass is 303 g/mol. The quantitative estimate of drug-likeness (QED) is 0.718. The van der Waals surface area contributed by atoms with Crippen LogP contribution in [0.2, 0.25) is 0 Å². The van der Waals surface area contributed by atoms with Crippen LogP contribution in [0.25, 0.3) is 0 Å². The van der Waals surface area contributed by atoms with Gasteiger partial charge in [0.25, 0.3) is 0 Å². The van der Waals surface area contributed by atoms with Crippen molar-refractivity contribution in [2.75, 3.05) is 13.2 Å². The van der Waals surface area contributed by atoms with Crippen molar-refractivity contribution in [1.82, 2.24) is 4.90 Å². The summed E-state index contributed by atoms with van der Waals surface area (Å²) in [6.07, 6.45) is 2.93. The molecular formula is C19H29NO2. The van der Waals surface area contributed by atoms with Gasteiger partial charge in [0.2, 0.25) is 0 Å². The van der Waals surface area contributed by atoms with Gasteiger partial charge in [-0.3, -0.25) is 9.69 Å². The molecule has 0 unspecified atom stereocenters. The number of hydrogen-bond acceptors (Lipinski definition) is 3. The Morgan fingerprint density at radius 3 is 2.18 bits per heavy atom. The first-order chi connectivity index (χ1) is 10.5. The molecule has 0 aliphatic heterocycles. The van der Waals surface area contributed by atoms with Gasteiger partial charge in [-0.05, 0) is 46.1 Å². The fraction of sp³-hybridized carbons (Fsp3) is 0.632. The van der Waals surface area contributed by atoms with E-state index in [1.54, 1.807) is 0 Å². The molecular weight excluding hydrogens is 274 g/mol. The van der Waals surface area contributed by atoms with Crippen molar-refractivity contribution in [2.45, 2.75) is 64.5 Å². The molecule has 0 amide bonds. The molecule has 1 aromatic rings. The van der Waals surface area contributed by atoms with Gasteiger partial charge in [0.1, 0.15) is 6.61 Å². The standard InChI is InChI=1S/C19H29NO2/c1-15(2)20(16(3)4)13-14-22-18(21)19(11-8-12-19)17-9-6-5-7-10-17/h5-7,9-10,15-16H,8,11-14H2,1-4H3. The lowest BCUT2D eigenvalue weighted by molar-refractivity contribution is -0.155. The Bertz CT molecular complexity index is 469. The van der Waals surface area contributed by atoms with Crippen LogP contribution >= 0.6 is 0 Å². The third kappa shape index (κ3) is 3.52. The topological polar surface area (TPSA) is 29.5 Å². The molecule has 0 bridgehead atoms. The maximum atomic E-state index is 12.6. The van der Waals surface area contributed by atoms with E-state index in [0.717, 1.165) is 31.4 Å². The number of carbonyl (C=O) groups is 1. The fourth-order valence-electron chi connectivity index (χ4n) is 3.39. The smallest absolute Gasteiger partial charge is 0.316 e. The summed E-state index contributed by atoms with van der Waals surface area (Å²) in [5.74, 6) is -0.0441. The highest BCUT2D eigenvalue weighted by molar-refractivity contribution is 5.84. The lowest BCUT2D eigenvalue weighted by Gasteiger charge is -2.40. The molecule has 0 heterocycles. The summed E-state index contributed by atoms with van der Waals surface area (Å²) >= 11 is 0. The number of esters is 1. The van der Waals surface area contributed by atoms with Gasteiger partial charge in [-0.25, -0.2) is 0 Å². The number of hydrogen-bond donors (Lipinski definition) is 0. The first-order valence-electron chi connectivity index (χ1n) is 8.46. The predicted molar refractivity (Wildman–Crippen MR) is 89.9 cm³/mol. The van der Waals surface area contributed by atoms with E-state index in [1.165, 1.54) is 0 Å². The molecule has 0 radical (unpaired) electrons. The number of nitrogens with zero attached hydrogens (tertiary/aromatic N) is 1. The molecule has 3 heteroatoms. The van der Waals surface area contributed by atoms with Crippen LogP contribution in [0.3, 0.4) is 0 Å². The van der Waals surface area contributed by atoms with E-state index in [0.29, 0.717) is 18.7 Å². The van der Waals surface area contributed by atoms with Gasteiger partial charge in [-0.2, -0.15) is 0 Å². The van der Waals surface area contributed by atoms with E-state index in [9.17, 15) is 4.79 Å². The maximum absolute atomic E-state index is 12.6. The van der Waals surface area contributed by atoms with Crippen LogP contribution in [0.5, 0.6) is 0 Å². The fourth-order valence-corrected chi connectivity index (χ4v) is 3.39. The molecule has 0 spiro atoms. The molecule has 22 heavy (non-hydrogen) atoms. The van der Waals surface area contributed by atoms with Crippen molar-refractivity contribution >= 4 is 5.97 Å². The second-order valence-electron chi connectivity index (χ2n) is 6.86. The number of benzene rings is 1. The third-order valence-corrected chi connectivity index (χ3v) is 4.83. The minimum Gasteiger partial charge on any atom is -0.464 e. The van der Waals surface area contributed by atoms with E-state index in [4.69, 9.17) is 4.74 Å². The minimum absolute atomic E-state index is 0.0441. The lowest BCUT2D eigenvalue weighted by atomic mass is 9.64. The van der Waals surface area contributed by atoms with E-state index in [-0.39, 0.29) is 11.4 Å². The van der Waals surface area contributed by atoms with Crippen LogP contribution in [0.15, 0.2) is 30.3 Å². The average Bonchev–Trinajstić information content (AvgIpc) is 2.42. The summed E-state index contributed by atoms with van der Waals surface area (Å²) in [5, 5.41) is 0. The molecule has 0 saturated heterocycles. The average molecular weight is 303 g/mol. The van der Waals surface area contributed by atoms with Crippen molar-refractivity contribution < 1.29 is 9.53 Å². The Kier molecular flexibility index (Phi) is 5.63. The highest BCUT2D eigenvalue weighted by Crippen LogP contribution is 2.44. The van der Waals surface area contributed by atoms with Gasteiger partial charge < -0.3 is 4.74 Å². The van der Waals surface area contributed by atoms with Crippen LogP contribution in [0.4, 0.5) is 0 Å². The van der Waals surface area contributed by atoms with E-state index < -0.39 is 0 Å². The summed E-state index contributed by atoms with van der Waals surface area (Å²) in [6, 6.07) is 11.0. The largest absolute Gasteiger partial charge is 0.464 e. The normalized spacial score (nSPS) is 16.9. The zero-order chi connectivity index (χ0) is 16.2. The first-order valence-corrected chi connectivity index (χ1v) is 8.46. The highest BCUT2D eigenvalue weighted by Gasteiger charge is 2.46. The minimum atomic E-state index is -0.387. The molecule has 122 valence electrons. The van der Waals surface area contributed by atoms with Crippen LogP contribution < -0.4 is 0 Å². The Hall–Kier alpha value is -1.35. The van der Waals surface area contributed by atoms with Crippen molar-refractivity contribution in [1.29, 1.82) is 0 Å². The molecule has 0 atom stereocenters. The molecule has 1 saturated carbocycles. The maximum Gasteiger partial charge on any atom is 0.316 e. The summed E-state index contributed by atoms with van der Waals surface area (Å²) in [7, 11) is 0. The molecule has 0 aromatic heterocycles. The predicted octanol–water partition coefficient (Wildman–Crippen LogP) is 3.77. The van der Waals surface area contributed by atoms with E-state index in [1.807, 2.05) is 18.2 Å². The van der Waals surface area contributed by atoms with E-state index in [2.05, 4.69) is 44.7 Å². The van der Waals surface area contributed by atoms with Gasteiger partial charge in [0.05, 0.1) is 5.41 Å².